The first-order valence-corrected chi connectivity index (χ1v) is 10.3. The average Bonchev–Trinajstić information content (AvgIpc) is 3.09. The zero-order valence-corrected chi connectivity index (χ0v) is 17.2. The van der Waals surface area contributed by atoms with Gasteiger partial charge in [-0.05, 0) is 44.1 Å². The number of nitrogens with one attached hydrogen (secondary N) is 1. The number of ether oxygens (including phenoxy) is 1. The lowest BCUT2D eigenvalue weighted by Crippen LogP contribution is -2.43. The summed E-state index contributed by atoms with van der Waals surface area (Å²) in [6.45, 7) is 8.54. The molecule has 7 heteroatoms. The number of halogens is 2. The van der Waals surface area contributed by atoms with Gasteiger partial charge in [0, 0.05) is 18.3 Å². The van der Waals surface area contributed by atoms with Gasteiger partial charge in [-0.25, -0.2) is 8.78 Å². The zero-order valence-electron chi connectivity index (χ0n) is 17.2. The molecule has 5 nitrogen and oxygen atoms in total. The summed E-state index contributed by atoms with van der Waals surface area (Å²) in [6, 6.07) is 3.56. The van der Waals surface area contributed by atoms with E-state index >= 15 is 0 Å². The number of nitrogens with zero attached hydrogens (tertiary/aromatic N) is 3. The van der Waals surface area contributed by atoms with Crippen molar-refractivity contribution in [2.75, 3.05) is 39.5 Å². The van der Waals surface area contributed by atoms with Gasteiger partial charge in [-0.3, -0.25) is 10.3 Å². The van der Waals surface area contributed by atoms with Gasteiger partial charge in [0.2, 0.25) is 0 Å². The van der Waals surface area contributed by atoms with E-state index in [0.717, 1.165) is 32.1 Å². The van der Waals surface area contributed by atoms with E-state index in [4.69, 9.17) is 10.1 Å². The topological polar surface area (TPSA) is 42.8 Å². The van der Waals surface area contributed by atoms with Crippen LogP contribution < -0.4 is 4.74 Å². The summed E-state index contributed by atoms with van der Waals surface area (Å²) in [5.74, 6) is -0.565. The smallest absolute Gasteiger partial charge is 0.167 e. The van der Waals surface area contributed by atoms with E-state index in [-0.39, 0.29) is 11.8 Å². The highest BCUT2D eigenvalue weighted by Gasteiger charge is 2.36. The van der Waals surface area contributed by atoms with Crippen molar-refractivity contribution in [2.24, 2.45) is 0 Å². The molecule has 1 N–H and O–H groups in total. The number of hydrogen-bond donors (Lipinski definition) is 1. The van der Waals surface area contributed by atoms with Crippen LogP contribution in [0.15, 0.2) is 42.1 Å². The Labute approximate surface area is 171 Å². The second-order valence-electron chi connectivity index (χ2n) is 7.33. The van der Waals surface area contributed by atoms with E-state index in [9.17, 15) is 8.78 Å². The van der Waals surface area contributed by atoms with Crippen LogP contribution in [0.3, 0.4) is 0 Å². The molecule has 1 aromatic carbocycles. The standard InChI is InChI=1S/C22H30F2N4O/c1-3-26(4-2)15-22(25)28-16-27(19-8-5-6-9-20(19)28)12-7-13-29-21-11-10-17(23)14-18(21)24/h5-6,8,10-11,14,20,25H,3-4,7,9,12-13,15-16H2,1-2H3. The number of likely N-dealkylation sites (N-methyl/N-ethyl adjacent to an activating group) is 1. The molecule has 1 heterocycles. The zero-order chi connectivity index (χ0) is 20.8. The quantitative estimate of drug-likeness (QED) is 0.386. The van der Waals surface area contributed by atoms with E-state index in [0.29, 0.717) is 32.1 Å². The molecule has 0 saturated carbocycles. The Morgan fingerprint density at radius 1 is 1.28 bits per heavy atom. The van der Waals surface area contributed by atoms with Crippen LogP contribution in [0.2, 0.25) is 0 Å². The summed E-state index contributed by atoms with van der Waals surface area (Å²) in [4.78, 5) is 6.70. The van der Waals surface area contributed by atoms with Crippen LogP contribution in [0.25, 0.3) is 0 Å². The highest BCUT2D eigenvalue weighted by atomic mass is 19.1. The third-order valence-corrected chi connectivity index (χ3v) is 5.51. The third kappa shape index (κ3) is 5.15. The van der Waals surface area contributed by atoms with Gasteiger partial charge >= 0.3 is 0 Å². The van der Waals surface area contributed by atoms with Crippen LogP contribution in [0, 0.1) is 17.0 Å². The minimum absolute atomic E-state index is 0.0770. The maximum absolute atomic E-state index is 13.7. The molecular weight excluding hydrogens is 374 g/mol. The largest absolute Gasteiger partial charge is 0.490 e. The Bertz CT molecular complexity index is 776. The van der Waals surface area contributed by atoms with Crippen LogP contribution in [0.5, 0.6) is 5.75 Å². The third-order valence-electron chi connectivity index (χ3n) is 5.51. The van der Waals surface area contributed by atoms with Gasteiger partial charge < -0.3 is 14.5 Å². The first-order chi connectivity index (χ1) is 14.0. The molecule has 0 spiro atoms. The number of allylic oxidation sites excluding steroid dienone is 2. The molecule has 1 unspecified atom stereocenters. The van der Waals surface area contributed by atoms with Gasteiger partial charge in [-0.2, -0.15) is 0 Å². The molecule has 0 radical (unpaired) electrons. The van der Waals surface area contributed by atoms with Gasteiger partial charge in [0.15, 0.2) is 11.6 Å². The predicted molar refractivity (Wildman–Crippen MR) is 111 cm³/mol. The van der Waals surface area contributed by atoms with Gasteiger partial charge in [-0.1, -0.05) is 26.0 Å². The van der Waals surface area contributed by atoms with Crippen molar-refractivity contribution < 1.29 is 13.5 Å². The first kappa shape index (κ1) is 21.3. The SMILES string of the molecule is CCN(CC)CC(=N)N1CN(CCCOc2ccc(F)cc2F)C2=CC=CCC21. The minimum atomic E-state index is -0.678. The molecule has 0 bridgehead atoms. The number of fused-ring (bicyclic) bond motifs is 1. The normalized spacial score (nSPS) is 18.2. The Kier molecular flexibility index (Phi) is 7.25. The Hall–Kier alpha value is -2.41. The highest BCUT2D eigenvalue weighted by Crippen LogP contribution is 2.30. The molecule has 3 rings (SSSR count). The van der Waals surface area contributed by atoms with E-state index in [2.05, 4.69) is 46.8 Å². The molecule has 158 valence electrons. The maximum Gasteiger partial charge on any atom is 0.167 e. The van der Waals surface area contributed by atoms with Gasteiger partial charge in [0.05, 0.1) is 25.9 Å². The molecule has 0 aromatic heterocycles. The van der Waals surface area contributed by atoms with Crippen LogP contribution in [0.4, 0.5) is 8.78 Å². The molecule has 1 aliphatic heterocycles. The van der Waals surface area contributed by atoms with Crippen molar-refractivity contribution in [3.05, 3.63) is 53.8 Å². The summed E-state index contributed by atoms with van der Waals surface area (Å²) in [6.07, 6.45) is 7.96. The minimum Gasteiger partial charge on any atom is -0.490 e. The van der Waals surface area contributed by atoms with E-state index in [1.54, 1.807) is 0 Å². The van der Waals surface area contributed by atoms with Crippen molar-refractivity contribution >= 4 is 5.84 Å². The maximum atomic E-state index is 13.7. The number of hydrogen-bond acceptors (Lipinski definition) is 4. The molecule has 0 amide bonds. The molecular formula is C22H30F2N4O. The molecule has 2 aliphatic rings. The summed E-state index contributed by atoms with van der Waals surface area (Å²) in [5, 5.41) is 8.61. The van der Waals surface area contributed by atoms with Crippen molar-refractivity contribution in [2.45, 2.75) is 32.7 Å². The summed E-state index contributed by atoms with van der Waals surface area (Å²) in [7, 11) is 0. The Balaban J connectivity index is 1.55. The van der Waals surface area contributed by atoms with E-state index < -0.39 is 11.6 Å². The van der Waals surface area contributed by atoms with E-state index in [1.807, 2.05) is 0 Å². The number of amidine groups is 1. The second-order valence-corrected chi connectivity index (χ2v) is 7.33. The molecule has 1 aromatic rings. The van der Waals surface area contributed by atoms with Crippen LogP contribution in [0.1, 0.15) is 26.7 Å². The lowest BCUT2D eigenvalue weighted by Gasteiger charge is -2.29. The Morgan fingerprint density at radius 3 is 2.79 bits per heavy atom. The van der Waals surface area contributed by atoms with Gasteiger partial charge in [0.25, 0.3) is 0 Å². The van der Waals surface area contributed by atoms with Crippen LogP contribution in [-0.2, 0) is 0 Å². The van der Waals surface area contributed by atoms with Crippen molar-refractivity contribution in [3.63, 3.8) is 0 Å². The second kappa shape index (κ2) is 9.87. The van der Waals surface area contributed by atoms with Crippen molar-refractivity contribution in [1.29, 1.82) is 5.41 Å². The average molecular weight is 405 g/mol. The van der Waals surface area contributed by atoms with Crippen LogP contribution >= 0.6 is 0 Å². The highest BCUT2D eigenvalue weighted by molar-refractivity contribution is 5.82. The molecule has 1 fully saturated rings. The van der Waals surface area contributed by atoms with Gasteiger partial charge in [-0.15, -0.1) is 0 Å². The fourth-order valence-corrected chi connectivity index (χ4v) is 3.83. The fraction of sp³-hybridized carbons (Fsp3) is 0.500. The molecule has 1 atom stereocenters. The summed E-state index contributed by atoms with van der Waals surface area (Å²) in [5.41, 5.74) is 1.23. The summed E-state index contributed by atoms with van der Waals surface area (Å²) < 4.78 is 32.1. The first-order valence-electron chi connectivity index (χ1n) is 10.3. The lowest BCUT2D eigenvalue weighted by molar-refractivity contribution is 0.251. The molecule has 29 heavy (non-hydrogen) atoms. The van der Waals surface area contributed by atoms with Gasteiger partial charge in [0.1, 0.15) is 11.7 Å². The van der Waals surface area contributed by atoms with Crippen LogP contribution in [-0.4, -0.2) is 66.0 Å². The molecule has 1 saturated heterocycles. The van der Waals surface area contributed by atoms with Crippen molar-refractivity contribution in [1.82, 2.24) is 14.7 Å². The van der Waals surface area contributed by atoms with Crippen molar-refractivity contribution in [3.8, 4) is 5.75 Å². The number of rotatable bonds is 9. The fourth-order valence-electron chi connectivity index (χ4n) is 3.83. The number of benzene rings is 1. The lowest BCUT2D eigenvalue weighted by atomic mass is 10.0. The monoisotopic (exact) mass is 404 g/mol. The Morgan fingerprint density at radius 2 is 2.07 bits per heavy atom. The molecule has 1 aliphatic carbocycles. The van der Waals surface area contributed by atoms with E-state index in [1.165, 1.54) is 17.8 Å². The predicted octanol–water partition coefficient (Wildman–Crippen LogP) is 3.84. The summed E-state index contributed by atoms with van der Waals surface area (Å²) >= 11 is 0.